The molecular formula is C27H21BrN4O2. The number of benzene rings is 3. The number of nitrogens with zero attached hydrogens (tertiary/aromatic N) is 4. The number of carbonyl (C=O) groups is 2. The van der Waals surface area contributed by atoms with Gasteiger partial charge >= 0.3 is 0 Å². The molecule has 2 aliphatic heterocycles. The highest BCUT2D eigenvalue weighted by Gasteiger charge is 2.91. The van der Waals surface area contributed by atoms with Crippen LogP contribution in [0.2, 0.25) is 0 Å². The Morgan fingerprint density at radius 3 is 1.53 bits per heavy atom. The maximum Gasteiger partial charge on any atom is 0.261 e. The first-order valence-corrected chi connectivity index (χ1v) is 11.9. The van der Waals surface area contributed by atoms with Crippen molar-refractivity contribution >= 4 is 50.5 Å². The Morgan fingerprint density at radius 1 is 0.676 bits per heavy atom. The van der Waals surface area contributed by atoms with Crippen LogP contribution in [0.25, 0.3) is 0 Å². The normalized spacial score (nSPS) is 27.6. The Kier molecular flexibility index (Phi) is 4.45. The van der Waals surface area contributed by atoms with Crippen LogP contribution < -0.4 is 10.0 Å². The van der Waals surface area contributed by atoms with Crippen molar-refractivity contribution in [3.8, 4) is 0 Å². The molecule has 0 unspecified atom stereocenters. The lowest BCUT2D eigenvalue weighted by Crippen LogP contribution is -2.40. The number of halogens is 1. The average molecular weight is 513 g/mol. The summed E-state index contributed by atoms with van der Waals surface area (Å²) in [5, 5.41) is 12.3. The second-order valence-electron chi connectivity index (χ2n) is 8.85. The van der Waals surface area contributed by atoms with Crippen molar-refractivity contribution in [2.45, 2.75) is 19.8 Å². The van der Waals surface area contributed by atoms with Crippen LogP contribution in [0, 0.1) is 10.8 Å². The van der Waals surface area contributed by atoms with Gasteiger partial charge in [0.15, 0.2) is 0 Å². The molecule has 6 nitrogen and oxygen atoms in total. The molecule has 168 valence electrons. The summed E-state index contributed by atoms with van der Waals surface area (Å²) in [5.74, 6) is -0.824. The molecule has 2 heterocycles. The predicted octanol–water partition coefficient (Wildman–Crippen LogP) is 5.36. The molecule has 1 saturated carbocycles. The zero-order valence-electron chi connectivity index (χ0n) is 18.6. The van der Waals surface area contributed by atoms with Crippen LogP contribution in [0.15, 0.2) is 99.6 Å². The highest BCUT2D eigenvalue weighted by atomic mass is 79.9. The molecule has 6 rings (SSSR count). The third-order valence-electron chi connectivity index (χ3n) is 7.32. The van der Waals surface area contributed by atoms with E-state index in [1.165, 1.54) is 10.0 Å². The van der Waals surface area contributed by atoms with Crippen molar-refractivity contribution < 1.29 is 9.59 Å². The zero-order chi connectivity index (χ0) is 23.7. The first-order valence-electron chi connectivity index (χ1n) is 11.1. The first-order chi connectivity index (χ1) is 16.5. The minimum Gasteiger partial charge on any atom is -0.271 e. The van der Waals surface area contributed by atoms with Gasteiger partial charge in [0, 0.05) is 10.4 Å². The van der Waals surface area contributed by atoms with Gasteiger partial charge in [-0.15, -0.1) is 0 Å². The molecule has 7 heteroatoms. The lowest BCUT2D eigenvalue weighted by molar-refractivity contribution is -0.126. The summed E-state index contributed by atoms with van der Waals surface area (Å²) < 4.78 is 0.855. The van der Waals surface area contributed by atoms with E-state index in [-0.39, 0.29) is 11.8 Å². The van der Waals surface area contributed by atoms with Gasteiger partial charge in [0.05, 0.1) is 22.8 Å². The quantitative estimate of drug-likeness (QED) is 0.473. The number of hydrogen-bond acceptors (Lipinski definition) is 4. The molecule has 0 radical (unpaired) electrons. The molecule has 34 heavy (non-hydrogen) atoms. The molecule has 0 N–H and O–H groups in total. The van der Waals surface area contributed by atoms with E-state index in [4.69, 9.17) is 10.2 Å². The van der Waals surface area contributed by atoms with E-state index >= 15 is 0 Å². The standard InChI is InChI=1S/C27H21BrN4O2/c1-17-26(24(33)31(29-17)19-11-5-3-6-12-19)23(21-15-9-10-16-22(21)28)27(26)18(2)30-32(25(27)34)20-13-7-4-8-14-20/h3-16,23H,1-2H3/t26-,27-/m0/s1. The van der Waals surface area contributed by atoms with Gasteiger partial charge in [0.25, 0.3) is 11.8 Å². The largest absolute Gasteiger partial charge is 0.271 e. The van der Waals surface area contributed by atoms with Gasteiger partial charge in [-0.25, -0.2) is 0 Å². The van der Waals surface area contributed by atoms with Crippen LogP contribution in [0.4, 0.5) is 11.4 Å². The molecule has 2 spiro atoms. The maximum absolute atomic E-state index is 14.3. The van der Waals surface area contributed by atoms with Crippen LogP contribution in [0.3, 0.4) is 0 Å². The lowest BCUT2D eigenvalue weighted by atomic mass is 9.85. The van der Waals surface area contributed by atoms with Crippen molar-refractivity contribution in [1.29, 1.82) is 0 Å². The molecular weight excluding hydrogens is 492 g/mol. The number of hydrogen-bond donors (Lipinski definition) is 0. The van der Waals surface area contributed by atoms with E-state index in [2.05, 4.69) is 15.9 Å². The molecule has 3 aromatic rings. The minimum atomic E-state index is -1.14. The van der Waals surface area contributed by atoms with E-state index in [9.17, 15) is 9.59 Å². The van der Waals surface area contributed by atoms with Crippen LogP contribution in [-0.4, -0.2) is 23.2 Å². The number of para-hydroxylation sites is 2. The summed E-state index contributed by atoms with van der Waals surface area (Å²) in [6.45, 7) is 3.70. The number of hydrazone groups is 2. The third-order valence-corrected chi connectivity index (χ3v) is 8.05. The van der Waals surface area contributed by atoms with Crippen LogP contribution >= 0.6 is 15.9 Å². The molecule has 2 atom stereocenters. The van der Waals surface area contributed by atoms with Crippen molar-refractivity contribution in [1.82, 2.24) is 0 Å². The molecule has 3 aliphatic rings. The van der Waals surface area contributed by atoms with Crippen molar-refractivity contribution in [2.24, 2.45) is 21.0 Å². The summed E-state index contributed by atoms with van der Waals surface area (Å²) >= 11 is 3.67. The first kappa shape index (κ1) is 21.0. The predicted molar refractivity (Wildman–Crippen MR) is 136 cm³/mol. The fraction of sp³-hybridized carbons (Fsp3) is 0.185. The van der Waals surface area contributed by atoms with Crippen molar-refractivity contribution in [3.05, 3.63) is 95.0 Å². The van der Waals surface area contributed by atoms with Crippen LogP contribution in [0.5, 0.6) is 0 Å². The Hall–Kier alpha value is -3.58. The second kappa shape index (κ2) is 7.21. The molecule has 0 aromatic heterocycles. The molecule has 1 fully saturated rings. The van der Waals surface area contributed by atoms with Gasteiger partial charge in [-0.3, -0.25) is 9.59 Å². The highest BCUT2D eigenvalue weighted by Crippen LogP contribution is 2.79. The van der Waals surface area contributed by atoms with E-state index in [1.807, 2.05) is 98.8 Å². The highest BCUT2D eigenvalue weighted by molar-refractivity contribution is 9.10. The number of rotatable bonds is 3. The number of amides is 2. The van der Waals surface area contributed by atoms with E-state index < -0.39 is 16.7 Å². The van der Waals surface area contributed by atoms with E-state index in [0.717, 1.165) is 10.0 Å². The topological polar surface area (TPSA) is 65.3 Å². The van der Waals surface area contributed by atoms with Gasteiger partial charge in [-0.1, -0.05) is 70.5 Å². The molecule has 1 aliphatic carbocycles. The summed E-state index contributed by atoms with van der Waals surface area (Å²) in [5.41, 5.74) is 1.23. The second-order valence-corrected chi connectivity index (χ2v) is 9.70. The maximum atomic E-state index is 14.3. The van der Waals surface area contributed by atoms with Crippen LogP contribution in [0.1, 0.15) is 25.3 Å². The smallest absolute Gasteiger partial charge is 0.261 e. The molecule has 0 bridgehead atoms. The Morgan fingerprint density at radius 2 is 1.09 bits per heavy atom. The van der Waals surface area contributed by atoms with E-state index in [1.54, 1.807) is 0 Å². The number of carbonyl (C=O) groups excluding carboxylic acids is 2. The van der Waals surface area contributed by atoms with Crippen molar-refractivity contribution in [3.63, 3.8) is 0 Å². The monoisotopic (exact) mass is 512 g/mol. The Balaban J connectivity index is 1.55. The summed E-state index contributed by atoms with van der Waals surface area (Å²) in [6.07, 6.45) is 0. The number of fused-ring (bicyclic) bond motifs is 1. The van der Waals surface area contributed by atoms with Gasteiger partial charge < -0.3 is 0 Å². The third kappa shape index (κ3) is 2.40. The van der Waals surface area contributed by atoms with Gasteiger partial charge in [0.2, 0.25) is 0 Å². The Labute approximate surface area is 205 Å². The van der Waals surface area contributed by atoms with Crippen LogP contribution in [-0.2, 0) is 9.59 Å². The summed E-state index contributed by atoms with van der Waals surface area (Å²) in [6, 6.07) is 26.5. The van der Waals surface area contributed by atoms with Gasteiger partial charge in [0.1, 0.15) is 10.8 Å². The van der Waals surface area contributed by atoms with Gasteiger partial charge in [-0.2, -0.15) is 20.2 Å². The molecule has 3 aromatic carbocycles. The molecule has 0 saturated heterocycles. The van der Waals surface area contributed by atoms with E-state index in [0.29, 0.717) is 22.8 Å². The van der Waals surface area contributed by atoms with Crippen molar-refractivity contribution in [2.75, 3.05) is 10.0 Å². The summed E-state index contributed by atoms with van der Waals surface area (Å²) in [4.78, 5) is 28.5. The fourth-order valence-corrected chi connectivity index (χ4v) is 6.42. The summed E-state index contributed by atoms with van der Waals surface area (Å²) in [7, 11) is 0. The fourth-order valence-electron chi connectivity index (χ4n) is 5.90. The molecule has 2 amide bonds. The minimum absolute atomic E-state index is 0.199. The zero-order valence-corrected chi connectivity index (χ0v) is 20.2. The SMILES string of the molecule is CC1=NN(c2ccccc2)C(=O)[C@@]12C(c1ccccc1Br)[C@@]21C(=O)N(c2ccccc2)N=C1C. The number of anilines is 2. The average Bonchev–Trinajstić information content (AvgIpc) is 3.33. The Bertz CT molecular complexity index is 1320. The lowest BCUT2D eigenvalue weighted by Gasteiger charge is -2.18. The van der Waals surface area contributed by atoms with Gasteiger partial charge in [-0.05, 0) is 49.7 Å².